The molecule has 0 aliphatic rings. The lowest BCUT2D eigenvalue weighted by atomic mass is 10.2. The van der Waals surface area contributed by atoms with Crippen molar-refractivity contribution in [3.8, 4) is 0 Å². The minimum Gasteiger partial charge on any atom is -0.392 e. The van der Waals surface area contributed by atoms with E-state index in [9.17, 15) is 9.50 Å². The lowest BCUT2D eigenvalue weighted by Crippen LogP contribution is -1.99. The van der Waals surface area contributed by atoms with Gasteiger partial charge in [-0.2, -0.15) is 0 Å². The Hall–Kier alpha value is -1.07. The fourth-order valence-corrected chi connectivity index (χ4v) is 3.08. The number of rotatable bonds is 4. The average molecular weight is 298 g/mol. The first kappa shape index (κ1) is 14.3. The summed E-state index contributed by atoms with van der Waals surface area (Å²) < 4.78 is 13.1. The van der Waals surface area contributed by atoms with Crippen LogP contribution in [0.1, 0.15) is 11.1 Å². The Morgan fingerprint density at radius 2 is 2.00 bits per heavy atom. The predicted octanol–water partition coefficient (Wildman–Crippen LogP) is 3.58. The van der Waals surface area contributed by atoms with E-state index in [1.807, 2.05) is 12.1 Å². The van der Waals surface area contributed by atoms with Gasteiger partial charge in [0.15, 0.2) is 0 Å². The second-order valence-electron chi connectivity index (χ2n) is 3.94. The molecule has 3 N–H and O–H groups in total. The van der Waals surface area contributed by atoms with Crippen LogP contribution < -0.4 is 5.73 Å². The van der Waals surface area contributed by atoms with Crippen molar-refractivity contribution in [1.82, 2.24) is 0 Å². The molecule has 2 aromatic rings. The first-order valence-corrected chi connectivity index (χ1v) is 6.89. The van der Waals surface area contributed by atoms with Crippen LogP contribution in [0.5, 0.6) is 0 Å². The molecule has 2 aromatic carbocycles. The van der Waals surface area contributed by atoms with Crippen LogP contribution in [0.15, 0.2) is 46.2 Å². The van der Waals surface area contributed by atoms with Crippen LogP contribution in [0.25, 0.3) is 0 Å². The Morgan fingerprint density at radius 1 is 1.21 bits per heavy atom. The number of halogens is 2. The number of hydrogen-bond acceptors (Lipinski definition) is 3. The second kappa shape index (κ2) is 6.39. The summed E-state index contributed by atoms with van der Waals surface area (Å²) in [6.45, 7) is 0.154. The molecule has 100 valence electrons. The quantitative estimate of drug-likeness (QED) is 0.907. The maximum Gasteiger partial charge on any atom is 0.123 e. The molecule has 0 spiro atoms. The SMILES string of the molecule is NCc1cccc(Cl)c1Sc1ccc(F)cc1CO. The maximum absolute atomic E-state index is 13.1. The van der Waals surface area contributed by atoms with E-state index in [0.29, 0.717) is 17.1 Å². The van der Waals surface area contributed by atoms with E-state index < -0.39 is 0 Å². The number of aliphatic hydroxyl groups excluding tert-OH is 1. The summed E-state index contributed by atoms with van der Waals surface area (Å²) in [5.74, 6) is -0.369. The van der Waals surface area contributed by atoms with Gasteiger partial charge in [0, 0.05) is 16.3 Å². The smallest absolute Gasteiger partial charge is 0.123 e. The summed E-state index contributed by atoms with van der Waals surface area (Å²) in [5, 5.41) is 9.88. The highest BCUT2D eigenvalue weighted by molar-refractivity contribution is 7.99. The number of aliphatic hydroxyl groups is 1. The molecule has 0 aliphatic carbocycles. The van der Waals surface area contributed by atoms with Gasteiger partial charge < -0.3 is 10.8 Å². The van der Waals surface area contributed by atoms with Crippen molar-refractivity contribution in [3.63, 3.8) is 0 Å². The molecule has 0 bridgehead atoms. The van der Waals surface area contributed by atoms with E-state index in [2.05, 4.69) is 0 Å². The Kier molecular flexibility index (Phi) is 4.82. The minimum absolute atomic E-state index is 0.220. The highest BCUT2D eigenvalue weighted by Gasteiger charge is 2.11. The zero-order valence-corrected chi connectivity index (χ0v) is 11.6. The van der Waals surface area contributed by atoms with Crippen LogP contribution in [0, 0.1) is 5.82 Å². The Morgan fingerprint density at radius 3 is 2.68 bits per heavy atom. The first-order chi connectivity index (χ1) is 9.15. The van der Waals surface area contributed by atoms with Gasteiger partial charge in [0.2, 0.25) is 0 Å². The zero-order valence-electron chi connectivity index (χ0n) is 10.1. The summed E-state index contributed by atoms with van der Waals surface area (Å²) in [6.07, 6.45) is 0. The normalized spacial score (nSPS) is 10.7. The fourth-order valence-electron chi connectivity index (χ4n) is 1.71. The third kappa shape index (κ3) is 3.28. The van der Waals surface area contributed by atoms with E-state index >= 15 is 0 Å². The maximum atomic E-state index is 13.1. The molecule has 19 heavy (non-hydrogen) atoms. The Labute approximate surface area is 120 Å². The van der Waals surface area contributed by atoms with Gasteiger partial charge in [0.1, 0.15) is 5.82 Å². The molecule has 0 saturated heterocycles. The Balaban J connectivity index is 2.41. The van der Waals surface area contributed by atoms with Crippen molar-refractivity contribution in [2.24, 2.45) is 5.73 Å². The van der Waals surface area contributed by atoms with E-state index in [1.54, 1.807) is 12.1 Å². The van der Waals surface area contributed by atoms with Crippen LogP contribution in [-0.2, 0) is 13.2 Å². The average Bonchev–Trinajstić information content (AvgIpc) is 2.42. The van der Waals surface area contributed by atoms with Gasteiger partial charge in [-0.15, -0.1) is 0 Å². The number of nitrogens with two attached hydrogens (primary N) is 1. The molecule has 0 amide bonds. The summed E-state index contributed by atoms with van der Waals surface area (Å²) in [7, 11) is 0. The van der Waals surface area contributed by atoms with Crippen LogP contribution in [-0.4, -0.2) is 5.11 Å². The molecule has 0 aromatic heterocycles. The van der Waals surface area contributed by atoms with Crippen LogP contribution >= 0.6 is 23.4 Å². The van der Waals surface area contributed by atoms with Gasteiger partial charge in [0.05, 0.1) is 11.6 Å². The number of hydrogen-bond donors (Lipinski definition) is 2. The highest BCUT2D eigenvalue weighted by atomic mass is 35.5. The molecule has 0 aliphatic heterocycles. The first-order valence-electron chi connectivity index (χ1n) is 5.70. The molecule has 0 unspecified atom stereocenters. The summed E-state index contributed by atoms with van der Waals surface area (Å²) >= 11 is 7.56. The van der Waals surface area contributed by atoms with Gasteiger partial charge in [-0.25, -0.2) is 4.39 Å². The molecule has 0 fully saturated rings. The van der Waals surface area contributed by atoms with Gasteiger partial charge in [-0.05, 0) is 35.4 Å². The summed E-state index contributed by atoms with van der Waals surface area (Å²) in [5.41, 5.74) is 7.14. The topological polar surface area (TPSA) is 46.2 Å². The third-order valence-electron chi connectivity index (χ3n) is 2.67. The van der Waals surface area contributed by atoms with Gasteiger partial charge in [-0.3, -0.25) is 0 Å². The van der Waals surface area contributed by atoms with Crippen molar-refractivity contribution in [2.45, 2.75) is 22.9 Å². The standard InChI is InChI=1S/C14H13ClFNOS/c15-12-3-1-2-9(7-17)14(12)19-13-5-4-11(16)6-10(13)8-18/h1-6,18H,7-8,17H2. The van der Waals surface area contributed by atoms with Crippen molar-refractivity contribution in [1.29, 1.82) is 0 Å². The van der Waals surface area contributed by atoms with Crippen molar-refractivity contribution in [2.75, 3.05) is 0 Å². The van der Waals surface area contributed by atoms with E-state index in [-0.39, 0.29) is 12.4 Å². The van der Waals surface area contributed by atoms with Gasteiger partial charge in [0.25, 0.3) is 0 Å². The van der Waals surface area contributed by atoms with E-state index in [4.69, 9.17) is 17.3 Å². The summed E-state index contributed by atoms with van der Waals surface area (Å²) in [6, 6.07) is 9.84. The van der Waals surface area contributed by atoms with Crippen molar-refractivity contribution in [3.05, 3.63) is 58.4 Å². The minimum atomic E-state index is -0.369. The largest absolute Gasteiger partial charge is 0.392 e. The molecular weight excluding hydrogens is 285 g/mol. The zero-order chi connectivity index (χ0) is 13.8. The van der Waals surface area contributed by atoms with Gasteiger partial charge in [-0.1, -0.05) is 35.5 Å². The van der Waals surface area contributed by atoms with E-state index in [0.717, 1.165) is 15.4 Å². The molecule has 0 saturated carbocycles. The van der Waals surface area contributed by atoms with Crippen LogP contribution in [0.3, 0.4) is 0 Å². The van der Waals surface area contributed by atoms with E-state index in [1.165, 1.54) is 23.9 Å². The molecule has 0 radical (unpaired) electrons. The second-order valence-corrected chi connectivity index (χ2v) is 5.40. The van der Waals surface area contributed by atoms with Crippen LogP contribution in [0.4, 0.5) is 4.39 Å². The predicted molar refractivity (Wildman–Crippen MR) is 75.8 cm³/mol. The van der Waals surface area contributed by atoms with Crippen molar-refractivity contribution < 1.29 is 9.50 Å². The van der Waals surface area contributed by atoms with Crippen LogP contribution in [0.2, 0.25) is 5.02 Å². The molecule has 2 rings (SSSR count). The summed E-state index contributed by atoms with van der Waals surface area (Å²) in [4.78, 5) is 1.61. The lowest BCUT2D eigenvalue weighted by molar-refractivity contribution is 0.278. The van der Waals surface area contributed by atoms with Crippen molar-refractivity contribution >= 4 is 23.4 Å². The lowest BCUT2D eigenvalue weighted by Gasteiger charge is -2.12. The Bertz CT molecular complexity index is 592. The molecule has 2 nitrogen and oxygen atoms in total. The molecule has 0 heterocycles. The monoisotopic (exact) mass is 297 g/mol. The van der Waals surface area contributed by atoms with Gasteiger partial charge >= 0.3 is 0 Å². The molecule has 5 heteroatoms. The molecule has 0 atom stereocenters. The number of benzene rings is 2. The highest BCUT2D eigenvalue weighted by Crippen LogP contribution is 2.37. The fraction of sp³-hybridized carbons (Fsp3) is 0.143. The molecular formula is C14H13ClFNOS. The third-order valence-corrected chi connectivity index (χ3v) is 4.40.